The molecule has 5 rings (SSSR count). The van der Waals surface area contributed by atoms with Crippen LogP contribution in [0.4, 0.5) is 5.82 Å². The monoisotopic (exact) mass is 413 g/mol. The SMILES string of the molecule is Nc1ncnc2c1ncn2[C@@H]1O[C@H](COO[C@@H]2CCCc3ccccc32)[C@@H](O)[C@H]1O. The standard InChI is InChI=1S/C20H23N5O5/c21-18-15-19(23-9-22-18)25(10-24-15)20-17(27)16(26)14(29-20)8-28-30-13-7-3-5-11-4-1-2-6-12(11)13/h1-2,4,6,9-10,13-14,16-17,20,26-27H,3,5,7-8H2,(H2,21,22,23)/t13-,14-,16-,17-,20-/m1/s1. The van der Waals surface area contributed by atoms with Crippen molar-refractivity contribution in [3.63, 3.8) is 0 Å². The summed E-state index contributed by atoms with van der Waals surface area (Å²) in [6, 6.07) is 8.14. The minimum Gasteiger partial charge on any atom is -0.387 e. The van der Waals surface area contributed by atoms with Crippen molar-refractivity contribution in [2.45, 2.75) is 49.9 Å². The van der Waals surface area contributed by atoms with Crippen LogP contribution in [0.15, 0.2) is 36.9 Å². The highest BCUT2D eigenvalue weighted by Gasteiger charge is 2.44. The van der Waals surface area contributed by atoms with Crippen LogP contribution in [0.25, 0.3) is 11.2 Å². The minimum absolute atomic E-state index is 0.0306. The fraction of sp³-hybridized carbons (Fsp3) is 0.450. The number of aliphatic hydroxyl groups excluding tert-OH is 2. The molecule has 30 heavy (non-hydrogen) atoms. The number of ether oxygens (including phenoxy) is 1. The smallest absolute Gasteiger partial charge is 0.167 e. The van der Waals surface area contributed by atoms with Crippen molar-refractivity contribution >= 4 is 17.0 Å². The molecule has 3 aromatic rings. The lowest BCUT2D eigenvalue weighted by molar-refractivity contribution is -0.341. The Balaban J connectivity index is 1.25. The van der Waals surface area contributed by atoms with E-state index >= 15 is 0 Å². The van der Waals surface area contributed by atoms with Gasteiger partial charge in [-0.3, -0.25) is 4.57 Å². The predicted molar refractivity (Wildman–Crippen MR) is 105 cm³/mol. The van der Waals surface area contributed by atoms with Crippen molar-refractivity contribution < 1.29 is 24.7 Å². The normalized spacial score (nSPS) is 28.7. The Kier molecular flexibility index (Phi) is 5.09. The largest absolute Gasteiger partial charge is 0.387 e. The number of benzene rings is 1. The highest BCUT2D eigenvalue weighted by Crippen LogP contribution is 2.34. The second kappa shape index (κ2) is 7.89. The first-order valence-electron chi connectivity index (χ1n) is 9.94. The molecule has 10 heteroatoms. The van der Waals surface area contributed by atoms with E-state index in [9.17, 15) is 10.2 Å². The van der Waals surface area contributed by atoms with Crippen LogP contribution in [0.5, 0.6) is 0 Å². The van der Waals surface area contributed by atoms with Crippen molar-refractivity contribution in [3.05, 3.63) is 48.0 Å². The van der Waals surface area contributed by atoms with Crippen molar-refractivity contribution in [2.75, 3.05) is 12.3 Å². The molecule has 1 aliphatic carbocycles. The molecule has 1 aromatic carbocycles. The lowest BCUT2D eigenvalue weighted by Crippen LogP contribution is -2.34. The van der Waals surface area contributed by atoms with Crippen LogP contribution in [0, 0.1) is 0 Å². The fourth-order valence-corrected chi connectivity index (χ4v) is 4.15. The Hall–Kier alpha value is -2.63. The van der Waals surface area contributed by atoms with E-state index in [1.54, 1.807) is 0 Å². The van der Waals surface area contributed by atoms with Crippen molar-refractivity contribution in [2.24, 2.45) is 0 Å². The molecule has 158 valence electrons. The van der Waals surface area contributed by atoms with Gasteiger partial charge >= 0.3 is 0 Å². The fourth-order valence-electron chi connectivity index (χ4n) is 4.15. The Morgan fingerprint density at radius 2 is 2.03 bits per heavy atom. The zero-order chi connectivity index (χ0) is 20.7. The van der Waals surface area contributed by atoms with Crippen molar-refractivity contribution in [1.29, 1.82) is 0 Å². The number of hydrogen-bond donors (Lipinski definition) is 3. The van der Waals surface area contributed by atoms with Crippen LogP contribution >= 0.6 is 0 Å². The summed E-state index contributed by atoms with van der Waals surface area (Å²) in [6.45, 7) is -0.0306. The number of aryl methyl sites for hydroxylation is 1. The third-order valence-corrected chi connectivity index (χ3v) is 5.73. The molecule has 2 aliphatic rings. The van der Waals surface area contributed by atoms with Gasteiger partial charge in [0.15, 0.2) is 17.7 Å². The Bertz CT molecular complexity index is 1040. The lowest BCUT2D eigenvalue weighted by Gasteiger charge is -2.25. The van der Waals surface area contributed by atoms with E-state index < -0.39 is 24.5 Å². The van der Waals surface area contributed by atoms with E-state index in [0.29, 0.717) is 11.2 Å². The molecule has 0 unspecified atom stereocenters. The predicted octanol–water partition coefficient (Wildman–Crippen LogP) is 1.05. The molecule has 0 radical (unpaired) electrons. The van der Waals surface area contributed by atoms with Crippen LogP contribution in [-0.4, -0.2) is 54.7 Å². The van der Waals surface area contributed by atoms with Gasteiger partial charge in [-0.15, -0.1) is 0 Å². The second-order valence-electron chi connectivity index (χ2n) is 7.59. The summed E-state index contributed by atoms with van der Waals surface area (Å²) in [6.07, 6.45) is 1.50. The number of nitrogens with zero attached hydrogens (tertiary/aromatic N) is 4. The number of hydrogen-bond acceptors (Lipinski definition) is 9. The van der Waals surface area contributed by atoms with Gasteiger partial charge in [0.1, 0.15) is 42.9 Å². The first kappa shape index (κ1) is 19.3. The summed E-state index contributed by atoms with van der Waals surface area (Å²) in [4.78, 5) is 23.3. The molecule has 4 N–H and O–H groups in total. The molecule has 2 aromatic heterocycles. The van der Waals surface area contributed by atoms with Crippen molar-refractivity contribution in [1.82, 2.24) is 19.5 Å². The Labute approximate surface area is 172 Å². The van der Waals surface area contributed by atoms with Gasteiger partial charge in [0.25, 0.3) is 0 Å². The number of aromatic nitrogens is 4. The van der Waals surface area contributed by atoms with Crippen LogP contribution in [0.2, 0.25) is 0 Å². The van der Waals surface area contributed by atoms with Gasteiger partial charge in [0.05, 0.1) is 6.33 Å². The van der Waals surface area contributed by atoms with Crippen LogP contribution in [0.3, 0.4) is 0 Å². The maximum absolute atomic E-state index is 10.5. The van der Waals surface area contributed by atoms with E-state index in [1.165, 1.54) is 22.8 Å². The number of anilines is 1. The lowest BCUT2D eigenvalue weighted by atomic mass is 9.90. The topological polar surface area (TPSA) is 138 Å². The van der Waals surface area contributed by atoms with Gasteiger partial charge in [-0.05, 0) is 30.4 Å². The van der Waals surface area contributed by atoms with E-state index in [-0.39, 0.29) is 18.5 Å². The van der Waals surface area contributed by atoms with Crippen molar-refractivity contribution in [3.8, 4) is 0 Å². The molecule has 1 saturated heterocycles. The molecule has 10 nitrogen and oxygen atoms in total. The second-order valence-corrected chi connectivity index (χ2v) is 7.59. The summed E-state index contributed by atoms with van der Waals surface area (Å²) in [5, 5.41) is 21.0. The summed E-state index contributed by atoms with van der Waals surface area (Å²) < 4.78 is 7.38. The van der Waals surface area contributed by atoms with E-state index in [4.69, 9.17) is 20.2 Å². The van der Waals surface area contributed by atoms with Gasteiger partial charge < -0.3 is 20.7 Å². The van der Waals surface area contributed by atoms with Gasteiger partial charge in [0, 0.05) is 0 Å². The maximum atomic E-state index is 10.5. The summed E-state index contributed by atoms with van der Waals surface area (Å²) >= 11 is 0. The number of nitrogens with two attached hydrogens (primary N) is 1. The average Bonchev–Trinajstić information content (AvgIpc) is 3.31. The third kappa shape index (κ3) is 3.32. The zero-order valence-electron chi connectivity index (χ0n) is 16.2. The van der Waals surface area contributed by atoms with Gasteiger partial charge in [-0.1, -0.05) is 24.3 Å². The number of imidazole rings is 1. The molecule has 3 heterocycles. The molecular weight excluding hydrogens is 390 g/mol. The quantitative estimate of drug-likeness (QED) is 0.414. The van der Waals surface area contributed by atoms with E-state index in [1.807, 2.05) is 18.2 Å². The first-order chi connectivity index (χ1) is 14.6. The number of rotatable bonds is 5. The molecule has 1 aliphatic heterocycles. The zero-order valence-corrected chi connectivity index (χ0v) is 16.2. The molecule has 0 saturated carbocycles. The maximum Gasteiger partial charge on any atom is 0.167 e. The molecular formula is C20H23N5O5. The molecule has 1 fully saturated rings. The minimum atomic E-state index is -1.19. The van der Waals surface area contributed by atoms with Gasteiger partial charge in [-0.25, -0.2) is 24.7 Å². The molecule has 5 atom stereocenters. The van der Waals surface area contributed by atoms with Gasteiger partial charge in [-0.2, -0.15) is 0 Å². The van der Waals surface area contributed by atoms with Crippen LogP contribution in [0.1, 0.15) is 36.3 Å². The van der Waals surface area contributed by atoms with E-state index in [2.05, 4.69) is 21.0 Å². The Morgan fingerprint density at radius 3 is 2.93 bits per heavy atom. The van der Waals surface area contributed by atoms with E-state index in [0.717, 1.165) is 24.8 Å². The molecule has 0 spiro atoms. The Morgan fingerprint density at radius 1 is 1.17 bits per heavy atom. The molecule has 0 bridgehead atoms. The van der Waals surface area contributed by atoms with Crippen LogP contribution < -0.4 is 5.73 Å². The first-order valence-corrected chi connectivity index (χ1v) is 9.94. The highest BCUT2D eigenvalue weighted by atomic mass is 17.2. The average molecular weight is 413 g/mol. The number of aliphatic hydroxyl groups is 2. The highest BCUT2D eigenvalue weighted by molar-refractivity contribution is 5.81. The summed E-state index contributed by atoms with van der Waals surface area (Å²) in [5.74, 6) is 0.229. The number of nitrogen functional groups attached to an aromatic ring is 1. The van der Waals surface area contributed by atoms with Crippen LogP contribution in [-0.2, 0) is 20.9 Å². The third-order valence-electron chi connectivity index (χ3n) is 5.73. The van der Waals surface area contributed by atoms with Gasteiger partial charge in [0.2, 0.25) is 0 Å². The number of fused-ring (bicyclic) bond motifs is 2. The molecule has 0 amide bonds. The summed E-state index contributed by atoms with van der Waals surface area (Å²) in [5.41, 5.74) is 9.01. The summed E-state index contributed by atoms with van der Waals surface area (Å²) in [7, 11) is 0.